The van der Waals surface area contributed by atoms with Crippen LogP contribution in [0.2, 0.25) is 0 Å². The molecule has 0 saturated carbocycles. The van der Waals surface area contributed by atoms with E-state index in [1.807, 2.05) is 12.1 Å². The van der Waals surface area contributed by atoms with E-state index in [0.717, 1.165) is 11.2 Å². The summed E-state index contributed by atoms with van der Waals surface area (Å²) in [5.41, 5.74) is 6.97. The Balaban J connectivity index is 2.07. The van der Waals surface area contributed by atoms with Gasteiger partial charge in [0, 0.05) is 16.3 Å². The van der Waals surface area contributed by atoms with Crippen LogP contribution in [0.15, 0.2) is 65.1 Å². The molecule has 0 atom stereocenters. The molecule has 0 N–H and O–H groups in total. The maximum atomic E-state index is 6.09. The van der Waals surface area contributed by atoms with E-state index < -0.39 is 0 Å². The zero-order chi connectivity index (χ0) is 14.4. The fourth-order valence-corrected chi connectivity index (χ4v) is 3.09. The van der Waals surface area contributed by atoms with Crippen molar-refractivity contribution in [2.24, 2.45) is 0 Å². The van der Waals surface area contributed by atoms with Gasteiger partial charge >= 0.3 is 0 Å². The Bertz CT molecular complexity index is 960. The van der Waals surface area contributed by atoms with Gasteiger partial charge in [-0.3, -0.25) is 0 Å². The number of furan rings is 1. The van der Waals surface area contributed by atoms with Gasteiger partial charge in [0.15, 0.2) is 0 Å². The predicted molar refractivity (Wildman–Crippen MR) is 88.6 cm³/mol. The van der Waals surface area contributed by atoms with Crippen molar-refractivity contribution in [3.63, 3.8) is 0 Å². The van der Waals surface area contributed by atoms with Crippen LogP contribution in [0.3, 0.4) is 0 Å². The second kappa shape index (κ2) is 4.49. The Labute approximate surface area is 123 Å². The van der Waals surface area contributed by atoms with Crippen LogP contribution in [0.25, 0.3) is 33.1 Å². The Morgan fingerprint density at radius 1 is 0.667 bits per heavy atom. The average molecular weight is 272 g/mol. The van der Waals surface area contributed by atoms with Gasteiger partial charge in [-0.2, -0.15) is 0 Å². The molecule has 1 aromatic heterocycles. The fourth-order valence-electron chi connectivity index (χ4n) is 3.09. The molecule has 0 fully saturated rings. The van der Waals surface area contributed by atoms with Crippen LogP contribution in [0, 0.1) is 13.8 Å². The zero-order valence-electron chi connectivity index (χ0n) is 12.2. The minimum absolute atomic E-state index is 0.956. The van der Waals surface area contributed by atoms with Crippen molar-refractivity contribution in [2.45, 2.75) is 13.8 Å². The van der Waals surface area contributed by atoms with E-state index in [2.05, 4.69) is 62.4 Å². The van der Waals surface area contributed by atoms with Gasteiger partial charge in [0.25, 0.3) is 0 Å². The number of benzene rings is 3. The van der Waals surface area contributed by atoms with Gasteiger partial charge in [-0.1, -0.05) is 48.5 Å². The molecule has 0 radical (unpaired) electrons. The largest absolute Gasteiger partial charge is 0.456 e. The van der Waals surface area contributed by atoms with E-state index in [1.165, 1.54) is 33.0 Å². The molecule has 102 valence electrons. The Kier molecular flexibility index (Phi) is 2.61. The summed E-state index contributed by atoms with van der Waals surface area (Å²) >= 11 is 0. The minimum atomic E-state index is 0.956. The van der Waals surface area contributed by atoms with Crippen LogP contribution >= 0.6 is 0 Å². The summed E-state index contributed by atoms with van der Waals surface area (Å²) in [5, 5.41) is 2.38. The normalized spacial score (nSPS) is 11.3. The lowest BCUT2D eigenvalue weighted by atomic mass is 9.95. The summed E-state index contributed by atoms with van der Waals surface area (Å²) < 4.78 is 6.09. The van der Waals surface area contributed by atoms with Crippen molar-refractivity contribution in [2.75, 3.05) is 0 Å². The van der Waals surface area contributed by atoms with Gasteiger partial charge in [0.1, 0.15) is 11.2 Å². The lowest BCUT2D eigenvalue weighted by Crippen LogP contribution is -1.87. The number of hydrogen-bond donors (Lipinski definition) is 0. The first-order valence-corrected chi connectivity index (χ1v) is 7.22. The standard InChI is InChI=1S/C20H16O/c1-13-7-3-4-8-15(13)16-11-12-18-17-9-5-6-10-19(17)21-20(18)14(16)2/h3-12H,1-2H3. The van der Waals surface area contributed by atoms with Gasteiger partial charge in [-0.15, -0.1) is 0 Å². The van der Waals surface area contributed by atoms with Crippen molar-refractivity contribution >= 4 is 21.9 Å². The molecule has 0 aliphatic carbocycles. The molecule has 0 amide bonds. The highest BCUT2D eigenvalue weighted by Gasteiger charge is 2.13. The summed E-state index contributed by atoms with van der Waals surface area (Å²) in [4.78, 5) is 0. The highest BCUT2D eigenvalue weighted by Crippen LogP contribution is 2.36. The molecule has 0 aliphatic heterocycles. The van der Waals surface area contributed by atoms with Gasteiger partial charge in [0.2, 0.25) is 0 Å². The number of hydrogen-bond acceptors (Lipinski definition) is 1. The molecule has 21 heavy (non-hydrogen) atoms. The van der Waals surface area contributed by atoms with E-state index in [4.69, 9.17) is 4.42 Å². The summed E-state index contributed by atoms with van der Waals surface area (Å²) in [7, 11) is 0. The Hall–Kier alpha value is -2.54. The molecule has 1 nitrogen and oxygen atoms in total. The van der Waals surface area contributed by atoms with Crippen LogP contribution in [0.1, 0.15) is 11.1 Å². The lowest BCUT2D eigenvalue weighted by molar-refractivity contribution is 0.666. The molecule has 0 unspecified atom stereocenters. The third-order valence-electron chi connectivity index (χ3n) is 4.23. The van der Waals surface area contributed by atoms with Crippen molar-refractivity contribution in [1.82, 2.24) is 0 Å². The van der Waals surface area contributed by atoms with Crippen molar-refractivity contribution < 1.29 is 4.42 Å². The molecule has 0 aliphatic rings. The van der Waals surface area contributed by atoms with E-state index >= 15 is 0 Å². The first kappa shape index (κ1) is 12.2. The molecule has 0 spiro atoms. The molecule has 0 bridgehead atoms. The Morgan fingerprint density at radius 3 is 2.29 bits per heavy atom. The number of para-hydroxylation sites is 1. The second-order valence-corrected chi connectivity index (χ2v) is 5.53. The van der Waals surface area contributed by atoms with Gasteiger partial charge in [-0.05, 0) is 42.7 Å². The molecule has 3 aromatic carbocycles. The molecule has 4 rings (SSSR count). The van der Waals surface area contributed by atoms with Crippen LogP contribution in [-0.4, -0.2) is 0 Å². The average Bonchev–Trinajstić information content (AvgIpc) is 2.89. The van der Waals surface area contributed by atoms with E-state index in [1.54, 1.807) is 0 Å². The van der Waals surface area contributed by atoms with Gasteiger partial charge in [0.05, 0.1) is 0 Å². The minimum Gasteiger partial charge on any atom is -0.456 e. The quantitative estimate of drug-likeness (QED) is 0.422. The zero-order valence-corrected chi connectivity index (χ0v) is 12.2. The highest BCUT2D eigenvalue weighted by molar-refractivity contribution is 6.07. The maximum Gasteiger partial charge on any atom is 0.138 e. The SMILES string of the molecule is Cc1ccccc1-c1ccc2c(oc3ccccc32)c1C. The van der Waals surface area contributed by atoms with Crippen molar-refractivity contribution in [1.29, 1.82) is 0 Å². The molecular weight excluding hydrogens is 256 g/mol. The van der Waals surface area contributed by atoms with E-state index in [0.29, 0.717) is 0 Å². The number of aryl methyl sites for hydroxylation is 2. The lowest BCUT2D eigenvalue weighted by Gasteiger charge is -2.09. The molecular formula is C20H16O. The fraction of sp³-hybridized carbons (Fsp3) is 0.100. The predicted octanol–water partition coefficient (Wildman–Crippen LogP) is 5.87. The summed E-state index contributed by atoms with van der Waals surface area (Å²) in [5.74, 6) is 0. The molecule has 4 aromatic rings. The third kappa shape index (κ3) is 1.78. The van der Waals surface area contributed by atoms with Crippen LogP contribution < -0.4 is 0 Å². The monoisotopic (exact) mass is 272 g/mol. The first-order valence-electron chi connectivity index (χ1n) is 7.22. The summed E-state index contributed by atoms with van der Waals surface area (Å²) in [6.45, 7) is 4.30. The third-order valence-corrected chi connectivity index (χ3v) is 4.23. The number of fused-ring (bicyclic) bond motifs is 3. The van der Waals surface area contributed by atoms with E-state index in [9.17, 15) is 0 Å². The van der Waals surface area contributed by atoms with Crippen LogP contribution in [0.4, 0.5) is 0 Å². The first-order chi connectivity index (χ1) is 10.3. The smallest absolute Gasteiger partial charge is 0.138 e. The van der Waals surface area contributed by atoms with Crippen molar-refractivity contribution in [3.05, 3.63) is 71.8 Å². The number of rotatable bonds is 1. The summed E-state index contributed by atoms with van der Waals surface area (Å²) in [6.07, 6.45) is 0. The van der Waals surface area contributed by atoms with Crippen molar-refractivity contribution in [3.8, 4) is 11.1 Å². The highest BCUT2D eigenvalue weighted by atomic mass is 16.3. The topological polar surface area (TPSA) is 13.1 Å². The van der Waals surface area contributed by atoms with Gasteiger partial charge < -0.3 is 4.42 Å². The van der Waals surface area contributed by atoms with Crippen LogP contribution in [0.5, 0.6) is 0 Å². The molecule has 1 heterocycles. The Morgan fingerprint density at radius 2 is 1.43 bits per heavy atom. The summed E-state index contributed by atoms with van der Waals surface area (Å²) in [6, 6.07) is 21.1. The molecule has 1 heteroatoms. The maximum absolute atomic E-state index is 6.09. The molecule has 0 saturated heterocycles. The van der Waals surface area contributed by atoms with Crippen LogP contribution in [-0.2, 0) is 0 Å². The van der Waals surface area contributed by atoms with Gasteiger partial charge in [-0.25, -0.2) is 0 Å². The van der Waals surface area contributed by atoms with E-state index in [-0.39, 0.29) is 0 Å². The second-order valence-electron chi connectivity index (χ2n) is 5.53.